The topological polar surface area (TPSA) is 55.1 Å². The van der Waals surface area contributed by atoms with Gasteiger partial charge in [0.05, 0.1) is 0 Å². The molecule has 0 saturated carbocycles. The normalized spacial score (nSPS) is 11.8. The number of nitrogens with one attached hydrogen (secondary N) is 1. The third-order valence-corrected chi connectivity index (χ3v) is 2.37. The molecule has 0 aliphatic rings. The van der Waals surface area contributed by atoms with Gasteiger partial charge in [-0.1, -0.05) is 26.0 Å². The Labute approximate surface area is 109 Å². The molecule has 0 radical (unpaired) electrons. The smallest absolute Gasteiger partial charge is 0.251 e. The molecule has 0 heterocycles. The molecule has 0 fully saturated rings. The lowest BCUT2D eigenvalue weighted by Crippen LogP contribution is -2.27. The Hall–Kier alpha value is -1.06. The van der Waals surface area contributed by atoms with Gasteiger partial charge in [-0.05, 0) is 30.5 Å². The van der Waals surface area contributed by atoms with Crippen molar-refractivity contribution in [3.8, 4) is 0 Å². The molecule has 1 aromatic carbocycles. The van der Waals surface area contributed by atoms with Gasteiger partial charge in [-0.25, -0.2) is 0 Å². The molecule has 3 N–H and O–H groups in total. The number of carbonyl (C=O) groups is 1. The summed E-state index contributed by atoms with van der Waals surface area (Å²) in [6.07, 6.45) is 0. The maximum atomic E-state index is 11.7. The Morgan fingerprint density at radius 3 is 2.18 bits per heavy atom. The van der Waals surface area contributed by atoms with E-state index in [1.165, 1.54) is 0 Å². The van der Waals surface area contributed by atoms with Crippen molar-refractivity contribution >= 4 is 18.3 Å². The van der Waals surface area contributed by atoms with E-state index in [1.807, 2.05) is 31.2 Å². The van der Waals surface area contributed by atoms with Crippen LogP contribution in [0.25, 0.3) is 0 Å². The van der Waals surface area contributed by atoms with Gasteiger partial charge in [0.2, 0.25) is 0 Å². The van der Waals surface area contributed by atoms with Gasteiger partial charge in [-0.3, -0.25) is 4.79 Å². The maximum Gasteiger partial charge on any atom is 0.251 e. The van der Waals surface area contributed by atoms with Crippen molar-refractivity contribution in [2.75, 3.05) is 6.54 Å². The monoisotopic (exact) mass is 256 g/mol. The Morgan fingerprint density at radius 2 is 1.76 bits per heavy atom. The zero-order chi connectivity index (χ0) is 12.1. The third-order valence-electron chi connectivity index (χ3n) is 2.37. The molecule has 96 valence electrons. The minimum absolute atomic E-state index is 0. The zero-order valence-electron chi connectivity index (χ0n) is 10.6. The zero-order valence-corrected chi connectivity index (χ0v) is 11.4. The highest BCUT2D eigenvalue weighted by Gasteiger charge is 2.06. The molecule has 1 atom stereocenters. The Kier molecular flexibility index (Phi) is 6.85. The summed E-state index contributed by atoms with van der Waals surface area (Å²) in [5.74, 6) is 0.442. The van der Waals surface area contributed by atoms with E-state index in [9.17, 15) is 4.79 Å². The molecule has 3 nitrogen and oxygen atoms in total. The highest BCUT2D eigenvalue weighted by Crippen LogP contribution is 2.10. The van der Waals surface area contributed by atoms with Crippen molar-refractivity contribution in [2.45, 2.75) is 26.8 Å². The molecule has 0 saturated heterocycles. The second kappa shape index (κ2) is 7.30. The van der Waals surface area contributed by atoms with Crippen LogP contribution >= 0.6 is 12.4 Å². The van der Waals surface area contributed by atoms with Crippen LogP contribution in [0.2, 0.25) is 0 Å². The van der Waals surface area contributed by atoms with Crippen LogP contribution in [0, 0.1) is 5.92 Å². The number of amides is 1. The van der Waals surface area contributed by atoms with Gasteiger partial charge in [0, 0.05) is 18.2 Å². The van der Waals surface area contributed by atoms with Gasteiger partial charge in [-0.2, -0.15) is 0 Å². The van der Waals surface area contributed by atoms with Crippen molar-refractivity contribution < 1.29 is 4.79 Å². The summed E-state index contributed by atoms with van der Waals surface area (Å²) in [4.78, 5) is 11.7. The quantitative estimate of drug-likeness (QED) is 0.870. The number of halogens is 1. The lowest BCUT2D eigenvalue weighted by molar-refractivity contribution is 0.0949. The molecule has 0 spiro atoms. The first-order valence-corrected chi connectivity index (χ1v) is 5.64. The molecule has 0 aliphatic carbocycles. The molecule has 17 heavy (non-hydrogen) atoms. The first-order chi connectivity index (χ1) is 7.50. The molecular formula is C13H21ClN2O. The average molecular weight is 257 g/mol. The van der Waals surface area contributed by atoms with E-state index >= 15 is 0 Å². The number of rotatable bonds is 4. The van der Waals surface area contributed by atoms with Crippen molar-refractivity contribution in [3.05, 3.63) is 35.4 Å². The maximum absolute atomic E-state index is 11.7. The lowest BCUT2D eigenvalue weighted by Gasteiger charge is -2.09. The Bertz CT molecular complexity index is 347. The second-order valence-electron chi connectivity index (χ2n) is 4.51. The molecule has 0 bridgehead atoms. The fraction of sp³-hybridized carbons (Fsp3) is 0.462. The molecular weight excluding hydrogens is 236 g/mol. The van der Waals surface area contributed by atoms with Crippen molar-refractivity contribution in [1.82, 2.24) is 5.32 Å². The minimum atomic E-state index is -0.0232. The standard InChI is InChI=1S/C13H20N2O.ClH/c1-9(2)8-15-13(16)12-6-4-11(5-7-12)10(3)14;/h4-7,9-10H,8,14H2,1-3H3,(H,15,16);1H. The van der Waals surface area contributed by atoms with Gasteiger partial charge in [0.1, 0.15) is 0 Å². The number of benzene rings is 1. The van der Waals surface area contributed by atoms with Crippen LogP contribution in [0.15, 0.2) is 24.3 Å². The highest BCUT2D eigenvalue weighted by molar-refractivity contribution is 5.94. The summed E-state index contributed by atoms with van der Waals surface area (Å²) in [7, 11) is 0. The largest absolute Gasteiger partial charge is 0.352 e. The third kappa shape index (κ3) is 5.20. The molecule has 1 unspecified atom stereocenters. The van der Waals surface area contributed by atoms with Gasteiger partial charge in [0.25, 0.3) is 5.91 Å². The summed E-state index contributed by atoms with van der Waals surface area (Å²) in [5, 5.41) is 2.88. The number of nitrogens with two attached hydrogens (primary N) is 1. The number of hydrogen-bond donors (Lipinski definition) is 2. The van der Waals surface area contributed by atoms with Crippen LogP contribution in [0.3, 0.4) is 0 Å². The summed E-state index contributed by atoms with van der Waals surface area (Å²) < 4.78 is 0. The van der Waals surface area contributed by atoms with Crippen molar-refractivity contribution in [3.63, 3.8) is 0 Å². The van der Waals surface area contributed by atoms with Crippen LogP contribution in [-0.2, 0) is 0 Å². The first kappa shape index (κ1) is 15.9. The molecule has 0 aromatic heterocycles. The number of hydrogen-bond acceptors (Lipinski definition) is 2. The first-order valence-electron chi connectivity index (χ1n) is 5.64. The highest BCUT2D eigenvalue weighted by atomic mass is 35.5. The fourth-order valence-corrected chi connectivity index (χ4v) is 1.34. The summed E-state index contributed by atoms with van der Waals surface area (Å²) in [6.45, 7) is 6.76. The van der Waals surface area contributed by atoms with Gasteiger partial charge >= 0.3 is 0 Å². The van der Waals surface area contributed by atoms with Crippen LogP contribution in [0.4, 0.5) is 0 Å². The molecule has 1 aromatic rings. The van der Waals surface area contributed by atoms with Gasteiger partial charge in [-0.15, -0.1) is 12.4 Å². The Morgan fingerprint density at radius 1 is 1.24 bits per heavy atom. The second-order valence-corrected chi connectivity index (χ2v) is 4.51. The van der Waals surface area contributed by atoms with Crippen molar-refractivity contribution in [1.29, 1.82) is 0 Å². The van der Waals surface area contributed by atoms with E-state index in [4.69, 9.17) is 5.73 Å². The summed E-state index contributed by atoms with van der Waals surface area (Å²) >= 11 is 0. The molecule has 1 rings (SSSR count). The van der Waals surface area contributed by atoms with Gasteiger partial charge in [0.15, 0.2) is 0 Å². The predicted octanol–water partition coefficient (Wildman–Crippen LogP) is 2.51. The van der Waals surface area contributed by atoms with E-state index in [1.54, 1.807) is 0 Å². The molecule has 0 aliphatic heterocycles. The SMILES string of the molecule is CC(C)CNC(=O)c1ccc(C(C)N)cc1.Cl. The van der Waals surface area contributed by atoms with Crippen LogP contribution < -0.4 is 11.1 Å². The van der Waals surface area contributed by atoms with Crippen LogP contribution in [-0.4, -0.2) is 12.5 Å². The molecule has 4 heteroatoms. The Balaban J connectivity index is 0.00000256. The minimum Gasteiger partial charge on any atom is -0.352 e. The van der Waals surface area contributed by atoms with Crippen molar-refractivity contribution in [2.24, 2.45) is 11.7 Å². The molecule has 1 amide bonds. The van der Waals surface area contributed by atoms with Crippen LogP contribution in [0.1, 0.15) is 42.7 Å². The van der Waals surface area contributed by atoms with E-state index in [-0.39, 0.29) is 24.4 Å². The summed E-state index contributed by atoms with van der Waals surface area (Å²) in [6, 6.07) is 7.43. The van der Waals surface area contributed by atoms with E-state index < -0.39 is 0 Å². The fourth-order valence-electron chi connectivity index (χ4n) is 1.34. The van der Waals surface area contributed by atoms with Crippen LogP contribution in [0.5, 0.6) is 0 Å². The lowest BCUT2D eigenvalue weighted by atomic mass is 10.1. The number of carbonyl (C=O) groups excluding carboxylic acids is 1. The van der Waals surface area contributed by atoms with Gasteiger partial charge < -0.3 is 11.1 Å². The van der Waals surface area contributed by atoms with E-state index in [0.29, 0.717) is 18.0 Å². The average Bonchev–Trinajstić information content (AvgIpc) is 2.26. The predicted molar refractivity (Wildman–Crippen MR) is 73.5 cm³/mol. The summed E-state index contributed by atoms with van der Waals surface area (Å²) in [5.41, 5.74) is 7.47. The van der Waals surface area contributed by atoms with E-state index in [2.05, 4.69) is 19.2 Å². The van der Waals surface area contributed by atoms with E-state index in [0.717, 1.165) is 5.56 Å².